The van der Waals surface area contributed by atoms with E-state index in [1.165, 1.54) is 13.3 Å². The first-order valence-electron chi connectivity index (χ1n) is 8.97. The summed E-state index contributed by atoms with van der Waals surface area (Å²) in [5.41, 5.74) is 3.66. The van der Waals surface area contributed by atoms with Gasteiger partial charge in [-0.2, -0.15) is 10.4 Å². The smallest absolute Gasteiger partial charge is 0.270 e. The lowest BCUT2D eigenvalue weighted by Gasteiger charge is -2.10. The second-order valence-electron chi connectivity index (χ2n) is 5.97. The number of nitrogens with zero attached hydrogens (tertiary/aromatic N) is 3. The van der Waals surface area contributed by atoms with Crippen LogP contribution >= 0.6 is 0 Å². The summed E-state index contributed by atoms with van der Waals surface area (Å²) < 4.78 is 10.7. The predicted molar refractivity (Wildman–Crippen MR) is 112 cm³/mol. The molecule has 0 saturated carbocycles. The first-order valence-corrected chi connectivity index (χ1v) is 8.97. The zero-order valence-electron chi connectivity index (χ0n) is 16.1. The summed E-state index contributed by atoms with van der Waals surface area (Å²) in [6, 6.07) is 16.0. The highest BCUT2D eigenvalue weighted by Gasteiger charge is 2.12. The van der Waals surface area contributed by atoms with Crippen molar-refractivity contribution in [2.75, 3.05) is 25.7 Å². The molecule has 0 atom stereocenters. The number of benzene rings is 2. The van der Waals surface area contributed by atoms with E-state index in [1.54, 1.807) is 42.5 Å². The minimum absolute atomic E-state index is 0.0704. The quantitative estimate of drug-likeness (QED) is 0.386. The zero-order valence-corrected chi connectivity index (χ0v) is 16.1. The van der Waals surface area contributed by atoms with Gasteiger partial charge in [-0.15, -0.1) is 0 Å². The molecule has 0 aliphatic carbocycles. The molecule has 0 amide bonds. The lowest BCUT2D eigenvalue weighted by molar-refractivity contribution is 0.196. The van der Waals surface area contributed by atoms with Crippen LogP contribution in [0.25, 0.3) is 11.3 Å². The van der Waals surface area contributed by atoms with Gasteiger partial charge in [0.25, 0.3) is 5.56 Å². The number of H-pyrrole nitrogens is 1. The highest BCUT2D eigenvalue weighted by atomic mass is 16.5. The summed E-state index contributed by atoms with van der Waals surface area (Å²) in [6.07, 6.45) is 1.51. The van der Waals surface area contributed by atoms with Gasteiger partial charge in [-0.3, -0.25) is 9.78 Å². The van der Waals surface area contributed by atoms with E-state index in [0.29, 0.717) is 22.6 Å². The fourth-order valence-electron chi connectivity index (χ4n) is 2.64. The van der Waals surface area contributed by atoms with Crippen LogP contribution in [0.3, 0.4) is 0 Å². The molecule has 0 saturated heterocycles. The third-order valence-corrected chi connectivity index (χ3v) is 4.00. The number of aliphatic hydroxyl groups is 1. The summed E-state index contributed by atoms with van der Waals surface area (Å²) >= 11 is 0. The molecule has 9 heteroatoms. The molecule has 0 radical (unpaired) electrons. The largest absolute Gasteiger partial charge is 0.493 e. The maximum atomic E-state index is 12.2. The van der Waals surface area contributed by atoms with Crippen molar-refractivity contribution in [3.63, 3.8) is 0 Å². The number of aromatic amines is 1. The Morgan fingerprint density at radius 1 is 1.27 bits per heavy atom. The molecular weight excluding hydrogens is 386 g/mol. The van der Waals surface area contributed by atoms with E-state index in [2.05, 4.69) is 20.5 Å². The Labute approximate surface area is 172 Å². The maximum absolute atomic E-state index is 12.2. The van der Waals surface area contributed by atoms with E-state index in [9.17, 15) is 10.1 Å². The Bertz CT molecular complexity index is 1140. The number of ether oxygens (including phenoxy) is 2. The van der Waals surface area contributed by atoms with E-state index in [-0.39, 0.29) is 30.4 Å². The number of aliphatic hydroxyl groups excluding tert-OH is 1. The summed E-state index contributed by atoms with van der Waals surface area (Å²) in [4.78, 5) is 19.1. The van der Waals surface area contributed by atoms with E-state index >= 15 is 0 Å². The third kappa shape index (κ3) is 4.81. The fraction of sp³-hybridized carbons (Fsp3) is 0.143. The van der Waals surface area contributed by atoms with Gasteiger partial charge >= 0.3 is 0 Å². The van der Waals surface area contributed by atoms with Crippen molar-refractivity contribution in [3.8, 4) is 28.8 Å². The molecule has 0 fully saturated rings. The lowest BCUT2D eigenvalue weighted by Crippen LogP contribution is -2.16. The molecule has 152 valence electrons. The summed E-state index contributed by atoms with van der Waals surface area (Å²) in [5, 5.41) is 22.3. The molecule has 1 heterocycles. The molecule has 0 bridgehead atoms. The van der Waals surface area contributed by atoms with Crippen LogP contribution in [0.2, 0.25) is 0 Å². The van der Waals surface area contributed by atoms with Crippen molar-refractivity contribution in [3.05, 3.63) is 70.0 Å². The average Bonchev–Trinajstić information content (AvgIpc) is 2.78. The van der Waals surface area contributed by atoms with Crippen LogP contribution in [0.5, 0.6) is 11.5 Å². The number of hydrazone groups is 1. The third-order valence-electron chi connectivity index (χ3n) is 4.00. The lowest BCUT2D eigenvalue weighted by atomic mass is 10.1. The molecule has 30 heavy (non-hydrogen) atoms. The van der Waals surface area contributed by atoms with Crippen LogP contribution in [-0.2, 0) is 0 Å². The first kappa shape index (κ1) is 20.6. The van der Waals surface area contributed by atoms with Crippen molar-refractivity contribution in [2.45, 2.75) is 0 Å². The maximum Gasteiger partial charge on any atom is 0.270 e. The van der Waals surface area contributed by atoms with Crippen LogP contribution in [0.1, 0.15) is 11.1 Å². The van der Waals surface area contributed by atoms with Gasteiger partial charge in [0, 0.05) is 5.56 Å². The van der Waals surface area contributed by atoms with Crippen LogP contribution < -0.4 is 20.5 Å². The molecule has 3 rings (SSSR count). The highest BCUT2D eigenvalue weighted by molar-refractivity contribution is 5.81. The number of hydrogen-bond acceptors (Lipinski definition) is 8. The molecule has 9 nitrogen and oxygen atoms in total. The molecular formula is C21H19N5O4. The minimum Gasteiger partial charge on any atom is -0.493 e. The SMILES string of the molecule is COc1cc(C=NNc2nc(-c3ccccc3)c(C#N)c(=O)[nH]2)ccc1OCCO. The van der Waals surface area contributed by atoms with Crippen molar-refractivity contribution in [1.82, 2.24) is 9.97 Å². The minimum atomic E-state index is -0.559. The standard InChI is InChI=1S/C21H19N5O4/c1-29-18-11-14(7-8-17(18)30-10-9-27)13-23-26-21-24-19(15-5-3-2-4-6-15)16(12-22)20(28)25-21/h2-8,11,13,27H,9-10H2,1H3,(H2,24,25,26,28). The van der Waals surface area contributed by atoms with Gasteiger partial charge in [0.1, 0.15) is 18.2 Å². The topological polar surface area (TPSA) is 133 Å². The summed E-state index contributed by atoms with van der Waals surface area (Å²) in [6.45, 7) is 0.0594. The molecule has 3 aromatic rings. The second-order valence-corrected chi connectivity index (χ2v) is 5.97. The van der Waals surface area contributed by atoms with E-state index in [1.807, 2.05) is 12.1 Å². The Hall–Kier alpha value is -4.16. The molecule has 0 aliphatic rings. The van der Waals surface area contributed by atoms with Crippen molar-refractivity contribution in [1.29, 1.82) is 5.26 Å². The molecule has 0 spiro atoms. The average molecular weight is 405 g/mol. The number of methoxy groups -OCH3 is 1. The van der Waals surface area contributed by atoms with Gasteiger partial charge in [-0.25, -0.2) is 10.4 Å². The van der Waals surface area contributed by atoms with Gasteiger partial charge in [0.15, 0.2) is 11.5 Å². The van der Waals surface area contributed by atoms with Crippen molar-refractivity contribution in [2.24, 2.45) is 5.10 Å². The van der Waals surface area contributed by atoms with Crippen molar-refractivity contribution < 1.29 is 14.6 Å². The summed E-state index contributed by atoms with van der Waals surface area (Å²) in [7, 11) is 1.51. The number of nitrogens with one attached hydrogen (secondary N) is 2. The van der Waals surface area contributed by atoms with Gasteiger partial charge in [-0.1, -0.05) is 30.3 Å². The number of nitriles is 1. The first-order chi connectivity index (χ1) is 14.7. The fourth-order valence-corrected chi connectivity index (χ4v) is 2.64. The predicted octanol–water partition coefficient (Wildman–Crippen LogP) is 2.13. The highest BCUT2D eigenvalue weighted by Crippen LogP contribution is 2.27. The Kier molecular flexibility index (Phi) is 6.76. The summed E-state index contributed by atoms with van der Waals surface area (Å²) in [5.74, 6) is 1.09. The molecule has 2 aromatic carbocycles. The van der Waals surface area contributed by atoms with Crippen LogP contribution in [0.15, 0.2) is 58.4 Å². The van der Waals surface area contributed by atoms with Crippen LogP contribution in [0, 0.1) is 11.3 Å². The van der Waals surface area contributed by atoms with Crippen LogP contribution in [0.4, 0.5) is 5.95 Å². The molecule has 0 unspecified atom stereocenters. The Morgan fingerprint density at radius 3 is 2.77 bits per heavy atom. The number of rotatable bonds is 8. The second kappa shape index (κ2) is 9.86. The molecule has 1 aromatic heterocycles. The number of hydrogen-bond donors (Lipinski definition) is 3. The van der Waals surface area contributed by atoms with E-state index in [0.717, 1.165) is 0 Å². The number of aromatic nitrogens is 2. The normalized spacial score (nSPS) is 10.6. The van der Waals surface area contributed by atoms with Gasteiger partial charge in [0.2, 0.25) is 5.95 Å². The van der Waals surface area contributed by atoms with Gasteiger partial charge in [-0.05, 0) is 23.8 Å². The zero-order chi connectivity index (χ0) is 21.3. The van der Waals surface area contributed by atoms with Gasteiger partial charge in [0.05, 0.1) is 25.6 Å². The van der Waals surface area contributed by atoms with Crippen molar-refractivity contribution >= 4 is 12.2 Å². The van der Waals surface area contributed by atoms with Crippen LogP contribution in [-0.4, -0.2) is 41.6 Å². The van der Waals surface area contributed by atoms with E-state index in [4.69, 9.17) is 14.6 Å². The molecule has 3 N–H and O–H groups in total. The number of anilines is 1. The Morgan fingerprint density at radius 2 is 2.07 bits per heavy atom. The monoisotopic (exact) mass is 405 g/mol. The van der Waals surface area contributed by atoms with E-state index < -0.39 is 5.56 Å². The Balaban J connectivity index is 1.82. The molecule has 0 aliphatic heterocycles. The van der Waals surface area contributed by atoms with Gasteiger partial charge < -0.3 is 14.6 Å².